The Morgan fingerprint density at radius 3 is 2.33 bits per heavy atom. The van der Waals surface area contributed by atoms with Gasteiger partial charge in [-0.25, -0.2) is 0 Å². The van der Waals surface area contributed by atoms with Crippen LogP contribution < -0.4 is 0 Å². The van der Waals surface area contributed by atoms with E-state index in [9.17, 15) is 0 Å². The molecule has 4 fully saturated rings. The molecule has 8 atom stereocenters. The number of rotatable bonds is 5. The summed E-state index contributed by atoms with van der Waals surface area (Å²) < 4.78 is 0. The van der Waals surface area contributed by atoms with Crippen LogP contribution in [0.4, 0.5) is 0 Å². The molecule has 0 amide bonds. The molecule has 0 saturated heterocycles. The Bertz CT molecular complexity index is 506. The van der Waals surface area contributed by atoms with Gasteiger partial charge in [0.1, 0.15) is 0 Å². The summed E-state index contributed by atoms with van der Waals surface area (Å²) in [5.41, 5.74) is 1.41. The quantitative estimate of drug-likeness (QED) is 0.453. The Morgan fingerprint density at radius 1 is 0.741 bits per heavy atom. The smallest absolute Gasteiger partial charge is 0.0264 e. The molecule has 4 aliphatic rings. The zero-order valence-electron chi connectivity index (χ0n) is 19.2. The fourth-order valence-electron chi connectivity index (χ4n) is 9.14. The Balaban J connectivity index is 1.45. The summed E-state index contributed by atoms with van der Waals surface area (Å²) >= 11 is 0. The molecule has 0 spiro atoms. The van der Waals surface area contributed by atoms with Crippen LogP contribution in [0.25, 0.3) is 0 Å². The Hall–Kier alpha value is 0. The summed E-state index contributed by atoms with van der Waals surface area (Å²) in [5, 5.41) is 0. The van der Waals surface area contributed by atoms with Crippen molar-refractivity contribution in [1.29, 1.82) is 0 Å². The number of hydrogen-bond donors (Lipinski definition) is 0. The van der Waals surface area contributed by atoms with Crippen LogP contribution in [-0.2, 0) is 0 Å². The normalized spacial score (nSPS) is 48.0. The molecule has 4 saturated carbocycles. The summed E-state index contributed by atoms with van der Waals surface area (Å²) in [5.74, 6) is 7.18. The molecule has 0 bridgehead atoms. The minimum atomic E-state index is 0.693. The van der Waals surface area contributed by atoms with E-state index in [0.29, 0.717) is 10.8 Å². The molecule has 0 aromatic carbocycles. The summed E-state index contributed by atoms with van der Waals surface area (Å²) in [6.07, 6.45) is 19.9. The Morgan fingerprint density at radius 2 is 1.56 bits per heavy atom. The molecule has 27 heavy (non-hydrogen) atoms. The van der Waals surface area contributed by atoms with Crippen molar-refractivity contribution < 1.29 is 0 Å². The van der Waals surface area contributed by atoms with E-state index in [1.165, 1.54) is 38.5 Å². The topological polar surface area (TPSA) is 0 Å². The molecule has 0 heteroatoms. The van der Waals surface area contributed by atoms with Crippen molar-refractivity contribution in [2.24, 2.45) is 52.3 Å². The molecule has 0 radical (unpaired) electrons. The van der Waals surface area contributed by atoms with Gasteiger partial charge in [0.05, 0.1) is 0 Å². The molecule has 0 nitrogen and oxygen atoms in total. The summed E-state index contributed by atoms with van der Waals surface area (Å²) in [6.45, 7) is 12.8. The highest BCUT2D eigenvalue weighted by molar-refractivity contribution is 5.08. The summed E-state index contributed by atoms with van der Waals surface area (Å²) in [7, 11) is 0. The maximum Gasteiger partial charge on any atom is -0.0264 e. The summed E-state index contributed by atoms with van der Waals surface area (Å²) in [6, 6.07) is 0. The van der Waals surface area contributed by atoms with E-state index >= 15 is 0 Å². The van der Waals surface area contributed by atoms with E-state index < -0.39 is 0 Å². The van der Waals surface area contributed by atoms with E-state index in [1.54, 1.807) is 44.9 Å². The molecule has 0 N–H and O–H groups in total. The van der Waals surface area contributed by atoms with E-state index in [0.717, 1.165) is 41.4 Å². The highest BCUT2D eigenvalue weighted by atomic mass is 14.6. The highest BCUT2D eigenvalue weighted by Gasteiger charge is 2.59. The van der Waals surface area contributed by atoms with Crippen LogP contribution in [0.1, 0.15) is 118 Å². The molecule has 156 valence electrons. The van der Waals surface area contributed by atoms with Crippen molar-refractivity contribution in [3.05, 3.63) is 0 Å². The fourth-order valence-corrected chi connectivity index (χ4v) is 9.14. The van der Waals surface area contributed by atoms with Gasteiger partial charge in [0.2, 0.25) is 0 Å². The third-order valence-corrected chi connectivity index (χ3v) is 10.7. The van der Waals surface area contributed by atoms with Crippen LogP contribution in [-0.4, -0.2) is 0 Å². The molecule has 4 aliphatic carbocycles. The first-order valence-corrected chi connectivity index (χ1v) is 12.8. The van der Waals surface area contributed by atoms with Gasteiger partial charge in [0.15, 0.2) is 0 Å². The zero-order valence-corrected chi connectivity index (χ0v) is 19.2. The third kappa shape index (κ3) is 3.54. The van der Waals surface area contributed by atoms with Crippen molar-refractivity contribution in [2.75, 3.05) is 0 Å². The van der Waals surface area contributed by atoms with Gasteiger partial charge in [0, 0.05) is 0 Å². The average Bonchev–Trinajstić information content (AvgIpc) is 2.98. The van der Waals surface area contributed by atoms with E-state index in [4.69, 9.17) is 0 Å². The van der Waals surface area contributed by atoms with Crippen molar-refractivity contribution in [1.82, 2.24) is 0 Å². The SMILES string of the molecule is CC(C)CCC[C@@H](C)[C@H]1CC[C@]2(C)[C@@H]1CC[C@@H]1[C@H]3CCCCC3(C)CC[C@H]12. The second kappa shape index (κ2) is 7.68. The maximum atomic E-state index is 2.76. The number of hydrogen-bond acceptors (Lipinski definition) is 0. The van der Waals surface area contributed by atoms with E-state index in [-0.39, 0.29) is 0 Å². The van der Waals surface area contributed by atoms with Crippen molar-refractivity contribution in [2.45, 2.75) is 118 Å². The van der Waals surface area contributed by atoms with E-state index in [1.807, 2.05) is 0 Å². The molecular formula is C27H48. The minimum absolute atomic E-state index is 0.693. The lowest BCUT2D eigenvalue weighted by Crippen LogP contribution is -2.52. The maximum absolute atomic E-state index is 2.76. The predicted molar refractivity (Wildman–Crippen MR) is 118 cm³/mol. The van der Waals surface area contributed by atoms with Crippen molar-refractivity contribution in [3.63, 3.8) is 0 Å². The lowest BCUT2D eigenvalue weighted by atomic mass is 9.45. The van der Waals surface area contributed by atoms with Gasteiger partial charge in [-0.1, -0.05) is 66.7 Å². The number of fused-ring (bicyclic) bond motifs is 5. The van der Waals surface area contributed by atoms with Crippen LogP contribution in [0.15, 0.2) is 0 Å². The van der Waals surface area contributed by atoms with Crippen molar-refractivity contribution >= 4 is 0 Å². The van der Waals surface area contributed by atoms with Gasteiger partial charge in [-0.15, -0.1) is 0 Å². The third-order valence-electron chi connectivity index (χ3n) is 10.7. The zero-order chi connectivity index (χ0) is 19.2. The first-order chi connectivity index (χ1) is 12.8. The second-order valence-electron chi connectivity index (χ2n) is 12.5. The first-order valence-electron chi connectivity index (χ1n) is 12.8. The molecular weight excluding hydrogens is 324 g/mol. The summed E-state index contributed by atoms with van der Waals surface area (Å²) in [4.78, 5) is 0. The van der Waals surface area contributed by atoms with Gasteiger partial charge in [-0.2, -0.15) is 0 Å². The highest BCUT2D eigenvalue weighted by Crippen LogP contribution is 2.68. The Labute approximate surface area is 170 Å². The Kier molecular flexibility index (Phi) is 5.77. The standard InChI is InChI=1S/C27H48/c1-19(2)9-8-10-20(3)21-14-18-27(5)24(21)13-12-22-23-11-6-7-16-26(23,4)17-15-25(22)27/h19-25H,6-18H2,1-5H3/t20-,21-,22-,23-,24-,25-,26?,27-/m1/s1. The monoisotopic (exact) mass is 372 g/mol. The molecule has 0 aromatic rings. The average molecular weight is 373 g/mol. The second-order valence-corrected chi connectivity index (χ2v) is 12.5. The molecule has 1 unspecified atom stereocenters. The van der Waals surface area contributed by atoms with Gasteiger partial charge < -0.3 is 0 Å². The lowest BCUT2D eigenvalue weighted by Gasteiger charge is -2.60. The molecule has 0 aromatic heterocycles. The van der Waals surface area contributed by atoms with Gasteiger partial charge in [-0.3, -0.25) is 0 Å². The van der Waals surface area contributed by atoms with Crippen LogP contribution in [0, 0.1) is 52.3 Å². The minimum Gasteiger partial charge on any atom is -0.0628 e. The fraction of sp³-hybridized carbons (Fsp3) is 1.00. The lowest BCUT2D eigenvalue weighted by molar-refractivity contribution is -0.108. The largest absolute Gasteiger partial charge is 0.0628 e. The molecule has 0 aliphatic heterocycles. The van der Waals surface area contributed by atoms with Crippen LogP contribution in [0.5, 0.6) is 0 Å². The van der Waals surface area contributed by atoms with Crippen molar-refractivity contribution in [3.8, 4) is 0 Å². The van der Waals surface area contributed by atoms with Crippen LogP contribution in [0.2, 0.25) is 0 Å². The molecule has 0 heterocycles. The van der Waals surface area contributed by atoms with Gasteiger partial charge in [-0.05, 0) is 104 Å². The van der Waals surface area contributed by atoms with Crippen LogP contribution >= 0.6 is 0 Å². The van der Waals surface area contributed by atoms with E-state index in [2.05, 4.69) is 34.6 Å². The predicted octanol–water partition coefficient (Wildman–Crippen LogP) is 8.50. The molecule has 4 rings (SSSR count). The van der Waals surface area contributed by atoms with Gasteiger partial charge >= 0.3 is 0 Å². The first kappa shape index (κ1) is 20.3. The van der Waals surface area contributed by atoms with Gasteiger partial charge in [0.25, 0.3) is 0 Å². The van der Waals surface area contributed by atoms with Crippen LogP contribution in [0.3, 0.4) is 0 Å².